The molecule has 0 amide bonds. The van der Waals surface area contributed by atoms with Crippen LogP contribution in [0.5, 0.6) is 0 Å². The molecule has 0 aliphatic carbocycles. The molecule has 0 radical (unpaired) electrons. The molecule has 2 nitrogen and oxygen atoms in total. The lowest BCUT2D eigenvalue weighted by Crippen LogP contribution is -1.98. The van der Waals surface area contributed by atoms with Crippen molar-refractivity contribution >= 4 is 22.9 Å². The van der Waals surface area contributed by atoms with Gasteiger partial charge < -0.3 is 0 Å². The molecule has 2 aromatic rings. The lowest BCUT2D eigenvalue weighted by atomic mass is 9.97. The molecule has 2 atom stereocenters. The van der Waals surface area contributed by atoms with Gasteiger partial charge in [-0.1, -0.05) is 48.6 Å². The van der Waals surface area contributed by atoms with Crippen LogP contribution in [0.3, 0.4) is 0 Å². The van der Waals surface area contributed by atoms with Gasteiger partial charge >= 0.3 is 0 Å². The molecule has 17 heavy (non-hydrogen) atoms. The highest BCUT2D eigenvalue weighted by Gasteiger charge is 2.18. The Bertz CT molecular complexity index is 467. The van der Waals surface area contributed by atoms with Gasteiger partial charge in [-0.2, -0.15) is 0 Å². The van der Waals surface area contributed by atoms with Gasteiger partial charge in [0.2, 0.25) is 0 Å². The Morgan fingerprint density at radius 1 is 1.18 bits per heavy atom. The van der Waals surface area contributed by atoms with Gasteiger partial charge in [0, 0.05) is 5.92 Å². The molecule has 0 N–H and O–H groups in total. The van der Waals surface area contributed by atoms with E-state index in [0.29, 0.717) is 5.92 Å². The van der Waals surface area contributed by atoms with Crippen LogP contribution in [0.15, 0.2) is 30.3 Å². The van der Waals surface area contributed by atoms with Crippen molar-refractivity contribution in [3.05, 3.63) is 45.9 Å². The van der Waals surface area contributed by atoms with E-state index in [1.807, 2.05) is 13.0 Å². The molecule has 0 bridgehead atoms. The van der Waals surface area contributed by atoms with Crippen molar-refractivity contribution in [2.75, 3.05) is 0 Å². The zero-order valence-electron chi connectivity index (χ0n) is 9.93. The predicted molar refractivity (Wildman–Crippen MR) is 72.8 cm³/mol. The monoisotopic (exact) mass is 266 g/mol. The Kier molecular flexibility index (Phi) is 4.13. The lowest BCUT2D eigenvalue weighted by Gasteiger charge is -2.11. The number of rotatable bonds is 4. The first-order valence-corrected chi connectivity index (χ1v) is 7.00. The quantitative estimate of drug-likeness (QED) is 0.768. The average Bonchev–Trinajstić information content (AvgIpc) is 2.81. The summed E-state index contributed by atoms with van der Waals surface area (Å²) in [6.45, 7) is 4.10. The smallest absolute Gasteiger partial charge is 0.135 e. The van der Waals surface area contributed by atoms with Crippen LogP contribution in [0, 0.1) is 0 Å². The van der Waals surface area contributed by atoms with Crippen molar-refractivity contribution in [2.45, 2.75) is 31.6 Å². The standard InChI is InChI=1S/C13H15ClN2S/c1-3-11(10-7-5-4-6-8-10)13-16-15-12(17-13)9(2)14/h4-9,11H,3H2,1-2H3. The van der Waals surface area contributed by atoms with Crippen molar-refractivity contribution in [2.24, 2.45) is 0 Å². The largest absolute Gasteiger partial charge is 0.143 e. The summed E-state index contributed by atoms with van der Waals surface area (Å²) in [5, 5.41) is 10.3. The third kappa shape index (κ3) is 2.85. The summed E-state index contributed by atoms with van der Waals surface area (Å²) in [7, 11) is 0. The molecule has 4 heteroatoms. The van der Waals surface area contributed by atoms with Gasteiger partial charge in [-0.15, -0.1) is 21.8 Å². The van der Waals surface area contributed by atoms with Crippen LogP contribution >= 0.6 is 22.9 Å². The Labute approximate surface area is 111 Å². The van der Waals surface area contributed by atoms with Crippen molar-refractivity contribution in [3.63, 3.8) is 0 Å². The van der Waals surface area contributed by atoms with Crippen LogP contribution in [0.1, 0.15) is 47.1 Å². The number of nitrogens with zero attached hydrogens (tertiary/aromatic N) is 2. The van der Waals surface area contributed by atoms with Gasteiger partial charge in [0.05, 0.1) is 5.38 Å². The van der Waals surface area contributed by atoms with E-state index in [1.54, 1.807) is 11.3 Å². The number of halogens is 1. The highest BCUT2D eigenvalue weighted by Crippen LogP contribution is 2.32. The summed E-state index contributed by atoms with van der Waals surface area (Å²) < 4.78 is 0. The second-order valence-corrected chi connectivity index (χ2v) is 5.66. The van der Waals surface area contributed by atoms with Gasteiger partial charge in [0.1, 0.15) is 10.0 Å². The van der Waals surface area contributed by atoms with E-state index in [1.165, 1.54) is 5.56 Å². The maximum Gasteiger partial charge on any atom is 0.135 e. The molecule has 0 spiro atoms. The second kappa shape index (κ2) is 5.61. The van der Waals surface area contributed by atoms with Gasteiger partial charge in [-0.3, -0.25) is 0 Å². The molecule has 2 rings (SSSR count). The van der Waals surface area contributed by atoms with E-state index in [0.717, 1.165) is 16.4 Å². The van der Waals surface area contributed by atoms with Crippen molar-refractivity contribution in [1.82, 2.24) is 10.2 Å². The van der Waals surface area contributed by atoms with Crippen LogP contribution in [0.2, 0.25) is 0 Å². The van der Waals surface area contributed by atoms with Crippen LogP contribution in [0.4, 0.5) is 0 Å². The molecule has 0 aliphatic heterocycles. The molecule has 1 aromatic heterocycles. The van der Waals surface area contributed by atoms with Crippen LogP contribution in [-0.2, 0) is 0 Å². The Morgan fingerprint density at radius 2 is 1.82 bits per heavy atom. The molecule has 0 fully saturated rings. The van der Waals surface area contributed by atoms with Crippen LogP contribution in [-0.4, -0.2) is 10.2 Å². The Balaban J connectivity index is 2.29. The molecule has 0 saturated heterocycles. The summed E-state index contributed by atoms with van der Waals surface area (Å²) in [6.07, 6.45) is 1.02. The summed E-state index contributed by atoms with van der Waals surface area (Å²) in [5.41, 5.74) is 1.29. The number of aromatic nitrogens is 2. The minimum Gasteiger partial charge on any atom is -0.143 e. The lowest BCUT2D eigenvalue weighted by molar-refractivity contribution is 0.752. The van der Waals surface area contributed by atoms with Crippen molar-refractivity contribution < 1.29 is 0 Å². The van der Waals surface area contributed by atoms with E-state index in [-0.39, 0.29) is 5.38 Å². The van der Waals surface area contributed by atoms with E-state index in [4.69, 9.17) is 11.6 Å². The molecular formula is C13H15ClN2S. The van der Waals surface area contributed by atoms with Crippen molar-refractivity contribution in [3.8, 4) is 0 Å². The van der Waals surface area contributed by atoms with Crippen LogP contribution < -0.4 is 0 Å². The third-order valence-corrected chi connectivity index (χ3v) is 4.26. The molecule has 1 aromatic carbocycles. The molecular weight excluding hydrogens is 252 g/mol. The second-order valence-electron chi connectivity index (χ2n) is 3.97. The number of hydrogen-bond donors (Lipinski definition) is 0. The van der Waals surface area contributed by atoms with Crippen LogP contribution in [0.25, 0.3) is 0 Å². The van der Waals surface area contributed by atoms with Gasteiger partial charge in [-0.25, -0.2) is 0 Å². The topological polar surface area (TPSA) is 25.8 Å². The zero-order valence-corrected chi connectivity index (χ0v) is 11.5. The fourth-order valence-corrected chi connectivity index (χ4v) is 2.95. The molecule has 90 valence electrons. The number of benzene rings is 1. The molecule has 2 unspecified atom stereocenters. The zero-order chi connectivity index (χ0) is 12.3. The normalized spacial score (nSPS) is 14.5. The fraction of sp³-hybridized carbons (Fsp3) is 0.385. The summed E-state index contributed by atoms with van der Waals surface area (Å²) in [5.74, 6) is 0.331. The fourth-order valence-electron chi connectivity index (χ4n) is 1.79. The highest BCUT2D eigenvalue weighted by molar-refractivity contribution is 7.11. The van der Waals surface area contributed by atoms with E-state index >= 15 is 0 Å². The summed E-state index contributed by atoms with van der Waals surface area (Å²) in [6, 6.07) is 10.4. The number of hydrogen-bond acceptors (Lipinski definition) is 3. The summed E-state index contributed by atoms with van der Waals surface area (Å²) in [4.78, 5) is 0. The minimum atomic E-state index is -0.0606. The first-order chi connectivity index (χ1) is 8.22. The van der Waals surface area contributed by atoms with Crippen molar-refractivity contribution in [1.29, 1.82) is 0 Å². The van der Waals surface area contributed by atoms with E-state index in [2.05, 4.69) is 41.4 Å². The highest BCUT2D eigenvalue weighted by atomic mass is 35.5. The third-order valence-electron chi connectivity index (χ3n) is 2.70. The van der Waals surface area contributed by atoms with Gasteiger partial charge in [0.25, 0.3) is 0 Å². The summed E-state index contributed by atoms with van der Waals surface area (Å²) >= 11 is 7.63. The number of alkyl halides is 1. The predicted octanol–water partition coefficient (Wildman–Crippen LogP) is 4.38. The maximum atomic E-state index is 6.02. The van der Waals surface area contributed by atoms with Gasteiger partial charge in [0.15, 0.2) is 0 Å². The Morgan fingerprint density at radius 3 is 2.35 bits per heavy atom. The van der Waals surface area contributed by atoms with E-state index < -0.39 is 0 Å². The SMILES string of the molecule is CCC(c1ccccc1)c1nnc(C(C)Cl)s1. The first-order valence-electron chi connectivity index (χ1n) is 5.74. The van der Waals surface area contributed by atoms with Gasteiger partial charge in [-0.05, 0) is 18.9 Å². The van der Waals surface area contributed by atoms with E-state index in [9.17, 15) is 0 Å². The molecule has 0 saturated carbocycles. The maximum absolute atomic E-state index is 6.02. The molecule has 0 aliphatic rings. The first kappa shape index (κ1) is 12.5. The molecule has 1 heterocycles. The Hall–Kier alpha value is -0.930. The average molecular weight is 267 g/mol. The minimum absolute atomic E-state index is 0.0606.